The van der Waals surface area contributed by atoms with Gasteiger partial charge in [0, 0.05) is 6.61 Å². The minimum absolute atomic E-state index is 0.0336. The number of amides is 1. The smallest absolute Gasteiger partial charge is 0.408 e. The summed E-state index contributed by atoms with van der Waals surface area (Å²) in [5.74, 6) is -0.439. The molecule has 0 spiro atoms. The Kier molecular flexibility index (Phi) is 7.36. The maximum Gasteiger partial charge on any atom is 0.408 e. The molecule has 1 saturated carbocycles. The number of hydrogen-bond acceptors (Lipinski definition) is 5. The number of hydrogen-bond donors (Lipinski definition) is 2. The van der Waals surface area contributed by atoms with Gasteiger partial charge in [-0.2, -0.15) is 0 Å². The quantitative estimate of drug-likeness (QED) is 0.697. The zero-order chi connectivity index (χ0) is 15.0. The number of esters is 1. The number of carbonyl (C=O) groups excluding carboxylic acids is 2. The molecule has 20 heavy (non-hydrogen) atoms. The number of nitrogens with one attached hydrogen (secondary N) is 1. The Morgan fingerprint density at radius 2 is 1.95 bits per heavy atom. The van der Waals surface area contributed by atoms with Gasteiger partial charge in [0.1, 0.15) is 12.1 Å². The summed E-state index contributed by atoms with van der Waals surface area (Å²) in [6, 6.07) is -0.756. The minimum atomic E-state index is -0.756. The van der Waals surface area contributed by atoms with E-state index in [2.05, 4.69) is 5.32 Å². The Hall–Kier alpha value is -1.30. The Morgan fingerprint density at radius 3 is 2.50 bits per heavy atom. The van der Waals surface area contributed by atoms with E-state index in [0.717, 1.165) is 25.7 Å². The number of aliphatic hydroxyl groups is 1. The third-order valence-corrected chi connectivity index (χ3v) is 3.16. The van der Waals surface area contributed by atoms with Gasteiger partial charge in [-0.3, -0.25) is 0 Å². The second-order valence-corrected chi connectivity index (χ2v) is 5.36. The number of ether oxygens (including phenoxy) is 2. The first-order chi connectivity index (χ1) is 9.52. The van der Waals surface area contributed by atoms with Crippen molar-refractivity contribution in [2.45, 2.75) is 70.6 Å². The van der Waals surface area contributed by atoms with Crippen LogP contribution in [0.15, 0.2) is 0 Å². The van der Waals surface area contributed by atoms with Crippen molar-refractivity contribution < 1.29 is 24.2 Å². The molecule has 0 aromatic heterocycles. The lowest BCUT2D eigenvalue weighted by Crippen LogP contribution is -2.43. The van der Waals surface area contributed by atoms with E-state index in [1.165, 1.54) is 0 Å². The van der Waals surface area contributed by atoms with Gasteiger partial charge >= 0.3 is 12.1 Å². The summed E-state index contributed by atoms with van der Waals surface area (Å²) in [6.45, 7) is 3.44. The summed E-state index contributed by atoms with van der Waals surface area (Å²) < 4.78 is 10.3. The van der Waals surface area contributed by atoms with Crippen LogP contribution in [-0.4, -0.2) is 42.0 Å². The number of aliphatic hydroxyl groups excluding tert-OH is 1. The van der Waals surface area contributed by atoms with Crippen molar-refractivity contribution in [1.29, 1.82) is 0 Å². The lowest BCUT2D eigenvalue weighted by Gasteiger charge is -2.20. The fourth-order valence-corrected chi connectivity index (χ4v) is 2.19. The van der Waals surface area contributed by atoms with E-state index in [0.29, 0.717) is 12.8 Å². The second-order valence-electron chi connectivity index (χ2n) is 5.36. The zero-order valence-electron chi connectivity index (χ0n) is 12.3. The molecule has 6 nitrogen and oxygen atoms in total. The normalized spacial score (nSPS) is 17.0. The molecule has 0 aromatic rings. The molecule has 0 heterocycles. The highest BCUT2D eigenvalue weighted by atomic mass is 16.6. The van der Waals surface area contributed by atoms with Crippen LogP contribution in [0.25, 0.3) is 0 Å². The Bertz CT molecular complexity index is 313. The Morgan fingerprint density at radius 1 is 1.30 bits per heavy atom. The summed E-state index contributed by atoms with van der Waals surface area (Å²) in [5, 5.41) is 11.4. The molecular weight excluding hydrogens is 262 g/mol. The largest absolute Gasteiger partial charge is 0.461 e. The highest BCUT2D eigenvalue weighted by Crippen LogP contribution is 2.21. The maximum absolute atomic E-state index is 12.1. The van der Waals surface area contributed by atoms with Crippen molar-refractivity contribution in [1.82, 2.24) is 5.32 Å². The lowest BCUT2D eigenvalue weighted by molar-refractivity contribution is -0.151. The van der Waals surface area contributed by atoms with Crippen molar-refractivity contribution in [3.63, 3.8) is 0 Å². The average molecular weight is 287 g/mol. The molecule has 0 aliphatic heterocycles. The van der Waals surface area contributed by atoms with Crippen LogP contribution in [0, 0.1) is 0 Å². The molecule has 1 amide bonds. The summed E-state index contributed by atoms with van der Waals surface area (Å²) >= 11 is 0. The molecule has 2 N–H and O–H groups in total. The van der Waals surface area contributed by atoms with Gasteiger partial charge in [-0.05, 0) is 52.4 Å². The van der Waals surface area contributed by atoms with E-state index >= 15 is 0 Å². The fraction of sp³-hybridized carbons (Fsp3) is 0.857. The van der Waals surface area contributed by atoms with Crippen LogP contribution >= 0.6 is 0 Å². The molecule has 0 saturated heterocycles. The summed E-state index contributed by atoms with van der Waals surface area (Å²) in [6.07, 6.45) is 3.75. The van der Waals surface area contributed by atoms with Crippen molar-refractivity contribution in [3.8, 4) is 0 Å². The first-order valence-electron chi connectivity index (χ1n) is 7.31. The van der Waals surface area contributed by atoms with Crippen molar-refractivity contribution in [2.75, 3.05) is 6.61 Å². The van der Waals surface area contributed by atoms with Crippen molar-refractivity contribution in [2.24, 2.45) is 0 Å². The molecule has 1 rings (SSSR count). The number of alkyl carbamates (subject to hydrolysis) is 1. The standard InChI is InChI=1S/C14H25NO5/c1-10(2)19-14(18)15-12(8-5-9-16)13(17)20-11-6-3-4-7-11/h10-12,16H,3-9H2,1-2H3,(H,15,18)/t12-/m0/s1. The van der Waals surface area contributed by atoms with Crippen LogP contribution in [0.1, 0.15) is 52.4 Å². The van der Waals surface area contributed by atoms with E-state index in [-0.39, 0.29) is 18.8 Å². The molecule has 1 aliphatic rings. The van der Waals surface area contributed by atoms with E-state index in [4.69, 9.17) is 14.6 Å². The highest BCUT2D eigenvalue weighted by Gasteiger charge is 2.27. The summed E-state index contributed by atoms with van der Waals surface area (Å²) in [4.78, 5) is 23.6. The number of carbonyl (C=O) groups is 2. The molecule has 0 bridgehead atoms. The van der Waals surface area contributed by atoms with Gasteiger partial charge in [0.15, 0.2) is 0 Å². The molecule has 116 valence electrons. The maximum atomic E-state index is 12.1. The van der Waals surface area contributed by atoms with Crippen LogP contribution in [0.5, 0.6) is 0 Å². The average Bonchev–Trinajstić information content (AvgIpc) is 2.86. The molecule has 1 aliphatic carbocycles. The van der Waals surface area contributed by atoms with E-state index < -0.39 is 18.1 Å². The third-order valence-electron chi connectivity index (χ3n) is 3.16. The van der Waals surface area contributed by atoms with E-state index in [1.807, 2.05) is 0 Å². The lowest BCUT2D eigenvalue weighted by atomic mass is 10.1. The fourth-order valence-electron chi connectivity index (χ4n) is 2.19. The predicted molar refractivity (Wildman–Crippen MR) is 73.2 cm³/mol. The molecule has 1 atom stereocenters. The first-order valence-corrected chi connectivity index (χ1v) is 7.31. The second kappa shape index (κ2) is 8.79. The molecular formula is C14H25NO5. The highest BCUT2D eigenvalue weighted by molar-refractivity contribution is 5.81. The number of rotatable bonds is 7. The zero-order valence-corrected chi connectivity index (χ0v) is 12.3. The minimum Gasteiger partial charge on any atom is -0.461 e. The van der Waals surface area contributed by atoms with E-state index in [1.54, 1.807) is 13.8 Å². The monoisotopic (exact) mass is 287 g/mol. The Balaban J connectivity index is 2.48. The SMILES string of the molecule is CC(C)OC(=O)N[C@@H](CCCO)C(=O)OC1CCCC1. The van der Waals surface area contributed by atoms with Gasteiger partial charge < -0.3 is 19.9 Å². The van der Waals surface area contributed by atoms with Crippen LogP contribution in [0.3, 0.4) is 0 Å². The van der Waals surface area contributed by atoms with Gasteiger partial charge in [0.25, 0.3) is 0 Å². The summed E-state index contributed by atoms with van der Waals surface area (Å²) in [7, 11) is 0. The molecule has 0 unspecified atom stereocenters. The van der Waals surface area contributed by atoms with Crippen LogP contribution in [0.2, 0.25) is 0 Å². The van der Waals surface area contributed by atoms with Crippen LogP contribution < -0.4 is 5.32 Å². The van der Waals surface area contributed by atoms with Crippen molar-refractivity contribution >= 4 is 12.1 Å². The molecule has 0 radical (unpaired) electrons. The topological polar surface area (TPSA) is 84.9 Å². The van der Waals surface area contributed by atoms with Gasteiger partial charge in [-0.15, -0.1) is 0 Å². The molecule has 1 fully saturated rings. The molecule has 0 aromatic carbocycles. The molecule has 6 heteroatoms. The van der Waals surface area contributed by atoms with Gasteiger partial charge in [-0.1, -0.05) is 0 Å². The Labute approximate surface area is 119 Å². The van der Waals surface area contributed by atoms with Gasteiger partial charge in [0.2, 0.25) is 0 Å². The van der Waals surface area contributed by atoms with E-state index in [9.17, 15) is 9.59 Å². The van der Waals surface area contributed by atoms with Crippen LogP contribution in [0.4, 0.5) is 4.79 Å². The first kappa shape index (κ1) is 16.8. The van der Waals surface area contributed by atoms with Crippen molar-refractivity contribution in [3.05, 3.63) is 0 Å². The van der Waals surface area contributed by atoms with Crippen LogP contribution in [-0.2, 0) is 14.3 Å². The third kappa shape index (κ3) is 6.23. The summed E-state index contributed by atoms with van der Waals surface area (Å²) in [5.41, 5.74) is 0. The van der Waals surface area contributed by atoms with Gasteiger partial charge in [0.05, 0.1) is 6.10 Å². The predicted octanol–water partition coefficient (Wildman–Crippen LogP) is 1.75. The van der Waals surface area contributed by atoms with Gasteiger partial charge in [-0.25, -0.2) is 9.59 Å².